The van der Waals surface area contributed by atoms with Gasteiger partial charge in [-0.05, 0) is 42.5 Å². The standard InChI is InChI=1S/C32H26F3N7O3/c1-39-18-21-17-37-26-8-7-25(20-14-19-4-2-3-5-24(19)36-16-20)38-28(26)29(21)42(30(39)43)22-6-9-27(23(15-22)32(33,34)35)40-10-12-41(13-11-40)31(44)45/h2-9,14-17H,10-13,18H2,1H3,(H,44,45). The van der Waals surface area contributed by atoms with E-state index in [-0.39, 0.29) is 44.1 Å². The third kappa shape index (κ3) is 4.99. The number of halogens is 3. The van der Waals surface area contributed by atoms with Crippen LogP contribution in [-0.4, -0.2) is 75.2 Å². The van der Waals surface area contributed by atoms with Gasteiger partial charge in [-0.3, -0.25) is 14.9 Å². The molecule has 0 saturated carbocycles. The van der Waals surface area contributed by atoms with Crippen LogP contribution < -0.4 is 9.80 Å². The molecule has 3 aromatic heterocycles. The molecule has 7 rings (SSSR count). The third-order valence-electron chi connectivity index (χ3n) is 8.23. The molecule has 3 amide bonds. The molecule has 1 fully saturated rings. The Bertz CT molecular complexity index is 1990. The Balaban J connectivity index is 1.35. The van der Waals surface area contributed by atoms with Gasteiger partial charge in [-0.15, -0.1) is 0 Å². The maximum absolute atomic E-state index is 14.6. The predicted molar refractivity (Wildman–Crippen MR) is 163 cm³/mol. The number of nitrogens with zero attached hydrogens (tertiary/aromatic N) is 7. The zero-order chi connectivity index (χ0) is 31.5. The molecule has 0 unspecified atom stereocenters. The summed E-state index contributed by atoms with van der Waals surface area (Å²) in [5, 5.41) is 10.2. The van der Waals surface area contributed by atoms with Crippen LogP contribution in [0.2, 0.25) is 0 Å². The highest BCUT2D eigenvalue weighted by Gasteiger charge is 2.39. The van der Waals surface area contributed by atoms with Crippen molar-refractivity contribution in [2.24, 2.45) is 0 Å². The number of fused-ring (bicyclic) bond motifs is 4. The van der Waals surface area contributed by atoms with Gasteiger partial charge >= 0.3 is 18.3 Å². The van der Waals surface area contributed by atoms with Crippen LogP contribution in [0.3, 0.4) is 0 Å². The number of aromatic nitrogens is 3. The number of para-hydroxylation sites is 1. The molecule has 0 bridgehead atoms. The minimum absolute atomic E-state index is 0.0279. The first-order chi connectivity index (χ1) is 21.6. The zero-order valence-corrected chi connectivity index (χ0v) is 24.0. The normalized spacial score (nSPS) is 15.6. The number of benzene rings is 2. The summed E-state index contributed by atoms with van der Waals surface area (Å²) < 4.78 is 43.7. The van der Waals surface area contributed by atoms with Crippen molar-refractivity contribution in [1.29, 1.82) is 0 Å². The van der Waals surface area contributed by atoms with E-state index in [4.69, 9.17) is 4.98 Å². The topological polar surface area (TPSA) is 106 Å². The fraction of sp³-hybridized carbons (Fsp3) is 0.219. The zero-order valence-electron chi connectivity index (χ0n) is 24.0. The van der Waals surface area contributed by atoms with Gasteiger partial charge < -0.3 is 19.8 Å². The van der Waals surface area contributed by atoms with Crippen molar-refractivity contribution in [2.45, 2.75) is 12.7 Å². The molecule has 228 valence electrons. The van der Waals surface area contributed by atoms with Gasteiger partial charge in [0.2, 0.25) is 0 Å². The van der Waals surface area contributed by atoms with Crippen molar-refractivity contribution in [1.82, 2.24) is 24.8 Å². The van der Waals surface area contributed by atoms with Crippen LogP contribution in [0.15, 0.2) is 73.1 Å². The Hall–Kier alpha value is -5.46. The lowest BCUT2D eigenvalue weighted by molar-refractivity contribution is -0.137. The maximum Gasteiger partial charge on any atom is 0.418 e. The first-order valence-electron chi connectivity index (χ1n) is 14.2. The number of alkyl halides is 3. The lowest BCUT2D eigenvalue weighted by atomic mass is 10.0. The summed E-state index contributed by atoms with van der Waals surface area (Å²) >= 11 is 0. The summed E-state index contributed by atoms with van der Waals surface area (Å²) in [6, 6.07) is 16.5. The second-order valence-corrected chi connectivity index (χ2v) is 11.0. The smallest absolute Gasteiger partial charge is 0.418 e. The molecule has 2 aliphatic rings. The van der Waals surface area contributed by atoms with Crippen molar-refractivity contribution in [3.05, 3.63) is 84.2 Å². The molecule has 0 spiro atoms. The van der Waals surface area contributed by atoms with Crippen molar-refractivity contribution >= 4 is 51.1 Å². The van der Waals surface area contributed by atoms with E-state index in [2.05, 4.69) is 9.97 Å². The predicted octanol–water partition coefficient (Wildman–Crippen LogP) is 6.37. The quantitative estimate of drug-likeness (QED) is 0.252. The summed E-state index contributed by atoms with van der Waals surface area (Å²) in [4.78, 5) is 44.4. The van der Waals surface area contributed by atoms with Crippen molar-refractivity contribution in [2.75, 3.05) is 43.0 Å². The fourth-order valence-electron chi connectivity index (χ4n) is 5.96. The molecule has 10 nitrogen and oxygen atoms in total. The molecule has 1 saturated heterocycles. The average Bonchev–Trinajstić information content (AvgIpc) is 3.04. The Labute approximate surface area is 254 Å². The molecule has 2 aromatic carbocycles. The van der Waals surface area contributed by atoms with E-state index in [1.165, 1.54) is 31.7 Å². The first-order valence-corrected chi connectivity index (χ1v) is 14.2. The highest BCUT2D eigenvalue weighted by atomic mass is 19.4. The van der Waals surface area contributed by atoms with E-state index >= 15 is 0 Å². The SMILES string of the molecule is CN1Cc2cnc3ccc(-c4cnc5ccccc5c4)nc3c2N(c2ccc(N3CCN(C(=O)O)CC3)c(C(F)(F)F)c2)C1=O. The molecule has 0 atom stereocenters. The molecule has 1 N–H and O–H groups in total. The molecule has 5 heterocycles. The molecule has 2 aliphatic heterocycles. The van der Waals surface area contributed by atoms with Gasteiger partial charge in [-0.1, -0.05) is 18.2 Å². The monoisotopic (exact) mass is 613 g/mol. The second-order valence-electron chi connectivity index (χ2n) is 11.0. The number of rotatable bonds is 3. The minimum Gasteiger partial charge on any atom is -0.465 e. The van der Waals surface area contributed by atoms with E-state index in [1.54, 1.807) is 31.6 Å². The summed E-state index contributed by atoms with van der Waals surface area (Å²) in [7, 11) is 1.58. The highest BCUT2D eigenvalue weighted by molar-refractivity contribution is 6.08. The van der Waals surface area contributed by atoms with E-state index < -0.39 is 23.9 Å². The van der Waals surface area contributed by atoms with Crippen LogP contribution >= 0.6 is 0 Å². The van der Waals surface area contributed by atoms with Crippen LogP contribution in [0.4, 0.5) is 39.8 Å². The number of anilines is 3. The van der Waals surface area contributed by atoms with Crippen LogP contribution in [-0.2, 0) is 12.7 Å². The number of hydrogen-bond donors (Lipinski definition) is 1. The van der Waals surface area contributed by atoms with Crippen molar-refractivity contribution in [3.63, 3.8) is 0 Å². The molecule has 0 aliphatic carbocycles. The van der Waals surface area contributed by atoms with Crippen molar-refractivity contribution in [3.8, 4) is 11.3 Å². The maximum atomic E-state index is 14.6. The molecule has 13 heteroatoms. The van der Waals surface area contributed by atoms with E-state index in [0.717, 1.165) is 22.5 Å². The lowest BCUT2D eigenvalue weighted by Gasteiger charge is -2.37. The van der Waals surface area contributed by atoms with E-state index in [0.29, 0.717) is 28.0 Å². The summed E-state index contributed by atoms with van der Waals surface area (Å²) in [6.45, 7) is 0.577. The van der Waals surface area contributed by atoms with Crippen molar-refractivity contribution < 1.29 is 27.9 Å². The Morgan fingerprint density at radius 2 is 1.67 bits per heavy atom. The second kappa shape index (κ2) is 10.6. The number of piperazine rings is 1. The molecule has 0 radical (unpaired) electrons. The number of pyridine rings is 3. The van der Waals surface area contributed by atoms with Crippen LogP contribution in [0.1, 0.15) is 11.1 Å². The number of amides is 3. The molecular weight excluding hydrogens is 587 g/mol. The fourth-order valence-corrected chi connectivity index (χ4v) is 5.96. The van der Waals surface area contributed by atoms with Gasteiger partial charge in [0.1, 0.15) is 5.52 Å². The van der Waals surface area contributed by atoms with Gasteiger partial charge in [-0.2, -0.15) is 13.2 Å². The van der Waals surface area contributed by atoms with Gasteiger partial charge in [0.25, 0.3) is 0 Å². The minimum atomic E-state index is -4.74. The number of urea groups is 1. The van der Waals surface area contributed by atoms with E-state index in [9.17, 15) is 27.9 Å². The number of carbonyl (C=O) groups is 2. The first kappa shape index (κ1) is 28.3. The van der Waals surface area contributed by atoms with Gasteiger partial charge in [0.05, 0.1) is 40.2 Å². The number of carboxylic acid groups (broad SMARTS) is 1. The van der Waals surface area contributed by atoms with Crippen LogP contribution in [0, 0.1) is 0 Å². The van der Waals surface area contributed by atoms with E-state index in [1.807, 2.05) is 30.3 Å². The number of hydrogen-bond acceptors (Lipinski definition) is 6. The van der Waals surface area contributed by atoms with Crippen LogP contribution in [0.5, 0.6) is 0 Å². The third-order valence-corrected chi connectivity index (χ3v) is 8.23. The molecule has 45 heavy (non-hydrogen) atoms. The largest absolute Gasteiger partial charge is 0.465 e. The number of carbonyl (C=O) groups excluding carboxylic acids is 1. The van der Waals surface area contributed by atoms with Crippen LogP contribution in [0.25, 0.3) is 33.2 Å². The highest BCUT2D eigenvalue weighted by Crippen LogP contribution is 2.44. The van der Waals surface area contributed by atoms with Gasteiger partial charge in [0.15, 0.2) is 0 Å². The summed E-state index contributed by atoms with van der Waals surface area (Å²) in [5.74, 6) is 0. The van der Waals surface area contributed by atoms with Gasteiger partial charge in [0, 0.05) is 67.8 Å². The van der Waals surface area contributed by atoms with Gasteiger partial charge in [-0.25, -0.2) is 14.6 Å². The Kier molecular flexibility index (Phi) is 6.68. The molecular formula is C32H26F3N7O3. The molecule has 5 aromatic rings. The summed E-state index contributed by atoms with van der Waals surface area (Å²) in [5.41, 5.74) is 3.05. The average molecular weight is 614 g/mol. The Morgan fingerprint density at radius 3 is 2.42 bits per heavy atom. The lowest BCUT2D eigenvalue weighted by Crippen LogP contribution is -2.48. The summed E-state index contributed by atoms with van der Waals surface area (Å²) in [6.07, 6.45) is -2.52. The Morgan fingerprint density at radius 1 is 0.911 bits per heavy atom.